The van der Waals surface area contributed by atoms with E-state index in [1.165, 1.54) is 0 Å². The minimum atomic E-state index is -0.352. The van der Waals surface area contributed by atoms with Gasteiger partial charge in [0.05, 0.1) is 16.3 Å². The van der Waals surface area contributed by atoms with Gasteiger partial charge >= 0.3 is 0 Å². The van der Waals surface area contributed by atoms with Crippen LogP contribution in [0.25, 0.3) is 22.5 Å². The summed E-state index contributed by atoms with van der Waals surface area (Å²) in [4.78, 5) is 27.2. The molecule has 2 amide bonds. The lowest BCUT2D eigenvalue weighted by Crippen LogP contribution is -2.27. The predicted octanol–water partition coefficient (Wildman–Crippen LogP) is 5.94. The summed E-state index contributed by atoms with van der Waals surface area (Å²) in [5.41, 5.74) is 5.07. The Morgan fingerprint density at radius 2 is 1.70 bits per heavy atom. The van der Waals surface area contributed by atoms with Crippen molar-refractivity contribution in [2.24, 2.45) is 0 Å². The smallest absolute Gasteiger partial charge is 0.298 e. The molecule has 0 N–H and O–H groups in total. The molecule has 1 aliphatic heterocycles. The number of amides is 2. The fourth-order valence-corrected chi connectivity index (χ4v) is 5.27. The highest BCUT2D eigenvalue weighted by Gasteiger charge is 2.36. The van der Waals surface area contributed by atoms with Gasteiger partial charge in [0.1, 0.15) is 7.85 Å². The molecule has 7 heteroatoms. The summed E-state index contributed by atoms with van der Waals surface area (Å²) >= 11 is 6.99. The van der Waals surface area contributed by atoms with Gasteiger partial charge in [-0.25, -0.2) is 4.90 Å². The molecule has 4 aromatic rings. The molecule has 1 aliphatic rings. The van der Waals surface area contributed by atoms with E-state index >= 15 is 0 Å². The first-order chi connectivity index (χ1) is 15.8. The number of hydrogen-bond acceptors (Lipinski definition) is 3. The van der Waals surface area contributed by atoms with E-state index in [0.717, 1.165) is 55.5 Å². The maximum absolute atomic E-state index is 13.1. The molecule has 1 saturated heterocycles. The van der Waals surface area contributed by atoms with Gasteiger partial charge in [0.15, 0.2) is 0 Å². The number of anilines is 1. The molecule has 1 aromatic heterocycles. The molecule has 5 rings (SSSR count). The van der Waals surface area contributed by atoms with Gasteiger partial charge in [0.25, 0.3) is 11.1 Å². The van der Waals surface area contributed by atoms with E-state index in [9.17, 15) is 9.59 Å². The minimum absolute atomic E-state index is 0.341. The summed E-state index contributed by atoms with van der Waals surface area (Å²) in [7, 11) is 6.19. The molecule has 0 unspecified atom stereocenters. The number of aromatic nitrogens is 1. The monoisotopic (exact) mass is 468 g/mol. The number of carbonyl (C=O) groups excluding carboxylic acids is 2. The molecule has 0 atom stereocenters. The van der Waals surface area contributed by atoms with Crippen molar-refractivity contribution >= 4 is 70.4 Å². The van der Waals surface area contributed by atoms with E-state index in [1.807, 2.05) is 50.2 Å². The number of imide groups is 1. The van der Waals surface area contributed by atoms with E-state index in [-0.39, 0.29) is 11.1 Å². The maximum Gasteiger partial charge on any atom is 0.298 e. The van der Waals surface area contributed by atoms with Crippen LogP contribution in [0.3, 0.4) is 0 Å². The van der Waals surface area contributed by atoms with Gasteiger partial charge in [0.2, 0.25) is 0 Å². The molecule has 0 aliphatic carbocycles. The zero-order valence-corrected chi connectivity index (χ0v) is 19.6. The van der Waals surface area contributed by atoms with Gasteiger partial charge in [-0.2, -0.15) is 0 Å². The van der Waals surface area contributed by atoms with Gasteiger partial charge in [-0.1, -0.05) is 53.5 Å². The first-order valence-corrected chi connectivity index (χ1v) is 11.5. The number of rotatable bonds is 3. The van der Waals surface area contributed by atoms with Crippen molar-refractivity contribution in [2.75, 3.05) is 4.90 Å². The quantitative estimate of drug-likeness (QED) is 0.276. The van der Waals surface area contributed by atoms with Gasteiger partial charge in [-0.3, -0.25) is 9.59 Å². The molecule has 2 radical (unpaired) electrons. The van der Waals surface area contributed by atoms with E-state index in [0.29, 0.717) is 15.6 Å². The van der Waals surface area contributed by atoms with Crippen LogP contribution in [-0.2, 0) is 4.79 Å². The Bertz CT molecular complexity index is 1490. The highest BCUT2D eigenvalue weighted by molar-refractivity contribution is 8.19. The van der Waals surface area contributed by atoms with Crippen LogP contribution in [0.2, 0.25) is 5.02 Å². The topological polar surface area (TPSA) is 42.3 Å². The molecule has 0 spiro atoms. The number of carbonyl (C=O) groups is 2. The molecule has 160 valence electrons. The number of nitrogens with zero attached hydrogens (tertiary/aromatic N) is 2. The summed E-state index contributed by atoms with van der Waals surface area (Å²) in [5.74, 6) is -0.352. The molecule has 1 fully saturated rings. The van der Waals surface area contributed by atoms with E-state index in [1.54, 1.807) is 30.3 Å². The van der Waals surface area contributed by atoms with Crippen molar-refractivity contribution in [1.82, 2.24) is 4.57 Å². The summed E-state index contributed by atoms with van der Waals surface area (Å²) in [6, 6.07) is 20.7. The molecular weight excluding hydrogens is 451 g/mol. The van der Waals surface area contributed by atoms with Crippen molar-refractivity contribution < 1.29 is 9.59 Å². The lowest BCUT2D eigenvalue weighted by atomic mass is 9.89. The van der Waals surface area contributed by atoms with Gasteiger partial charge in [-0.15, -0.1) is 0 Å². The second kappa shape index (κ2) is 8.29. The van der Waals surface area contributed by atoms with Crippen LogP contribution in [0.1, 0.15) is 17.0 Å². The average Bonchev–Trinajstić information content (AvgIpc) is 3.23. The second-order valence-electron chi connectivity index (χ2n) is 7.88. The molecule has 3 aromatic carbocycles. The van der Waals surface area contributed by atoms with Crippen LogP contribution in [0, 0.1) is 13.8 Å². The molecular formula is C26H18BClN2O2S. The van der Waals surface area contributed by atoms with Crippen molar-refractivity contribution in [3.63, 3.8) is 0 Å². The minimum Gasteiger partial charge on any atom is -0.317 e. The summed E-state index contributed by atoms with van der Waals surface area (Å²) < 4.78 is 2.15. The van der Waals surface area contributed by atoms with Crippen LogP contribution in [0.15, 0.2) is 71.6 Å². The number of hydrogen-bond donors (Lipinski definition) is 0. The number of benzene rings is 3. The van der Waals surface area contributed by atoms with Crippen LogP contribution >= 0.6 is 23.4 Å². The fourth-order valence-electron chi connectivity index (χ4n) is 4.25. The largest absolute Gasteiger partial charge is 0.317 e. The predicted molar refractivity (Wildman–Crippen MR) is 138 cm³/mol. The Morgan fingerprint density at radius 1 is 0.939 bits per heavy atom. The van der Waals surface area contributed by atoms with Crippen LogP contribution in [-0.4, -0.2) is 23.6 Å². The van der Waals surface area contributed by atoms with Crippen LogP contribution < -0.4 is 10.4 Å². The highest BCUT2D eigenvalue weighted by Crippen LogP contribution is 2.37. The normalized spacial score (nSPS) is 15.2. The third-order valence-corrected chi connectivity index (χ3v) is 6.90. The third-order valence-electron chi connectivity index (χ3n) is 5.79. The number of aryl methyl sites for hydroxylation is 1. The fraction of sp³-hybridized carbons (Fsp3) is 0.0769. The lowest BCUT2D eigenvalue weighted by molar-refractivity contribution is -0.113. The Morgan fingerprint density at radius 3 is 2.45 bits per heavy atom. The average molecular weight is 469 g/mol. The first kappa shape index (κ1) is 21.6. The standard InChI is InChI=1S/C26H18BClN2O2S/c1-15-12-17(13-24-25(31)30(26(32)33-24)19-7-5-6-18(28)14-19)16(2)29(15)23-11-10-22(27)20-8-3-4-9-21(20)23/h3-14H,1-2H3. The molecule has 0 saturated carbocycles. The zero-order chi connectivity index (χ0) is 23.3. The Hall–Kier alpha value is -3.22. The highest BCUT2D eigenvalue weighted by atomic mass is 35.5. The SMILES string of the molecule is [B]c1ccc(-n2c(C)cc(C=C3SC(=O)N(c4cccc(Cl)c4)C3=O)c2C)c2ccccc12. The second-order valence-corrected chi connectivity index (χ2v) is 9.31. The maximum atomic E-state index is 13.1. The summed E-state index contributed by atoms with van der Waals surface area (Å²) in [5, 5.41) is 2.17. The van der Waals surface area contributed by atoms with Crippen molar-refractivity contribution in [2.45, 2.75) is 13.8 Å². The molecule has 4 nitrogen and oxygen atoms in total. The number of halogens is 1. The van der Waals surface area contributed by atoms with Crippen LogP contribution in [0.5, 0.6) is 0 Å². The van der Waals surface area contributed by atoms with Gasteiger partial charge < -0.3 is 4.57 Å². The van der Waals surface area contributed by atoms with Crippen LogP contribution in [0.4, 0.5) is 10.5 Å². The number of fused-ring (bicyclic) bond motifs is 1. The Balaban J connectivity index is 1.57. The zero-order valence-electron chi connectivity index (χ0n) is 18.0. The summed E-state index contributed by atoms with van der Waals surface area (Å²) in [6.07, 6.45) is 1.79. The Kier molecular flexibility index (Phi) is 5.43. The van der Waals surface area contributed by atoms with Crippen molar-refractivity contribution in [3.05, 3.63) is 93.6 Å². The van der Waals surface area contributed by atoms with E-state index < -0.39 is 0 Å². The molecule has 2 heterocycles. The molecule has 33 heavy (non-hydrogen) atoms. The lowest BCUT2D eigenvalue weighted by Gasteiger charge is -2.14. The molecule has 0 bridgehead atoms. The van der Waals surface area contributed by atoms with Gasteiger partial charge in [-0.05, 0) is 73.0 Å². The van der Waals surface area contributed by atoms with Crippen molar-refractivity contribution in [1.29, 1.82) is 0 Å². The number of thioether (sulfide) groups is 1. The van der Waals surface area contributed by atoms with E-state index in [2.05, 4.69) is 10.6 Å². The first-order valence-electron chi connectivity index (χ1n) is 10.3. The Labute approximate surface area is 202 Å². The third kappa shape index (κ3) is 3.69. The van der Waals surface area contributed by atoms with Crippen molar-refractivity contribution in [3.8, 4) is 5.69 Å². The van der Waals surface area contributed by atoms with Gasteiger partial charge in [0, 0.05) is 21.8 Å². The van der Waals surface area contributed by atoms with E-state index in [4.69, 9.17) is 19.4 Å². The summed E-state index contributed by atoms with van der Waals surface area (Å²) in [6.45, 7) is 4.03.